The maximum atomic E-state index is 12.9. The minimum absolute atomic E-state index is 0.0989. The Balaban J connectivity index is 1.23. The number of thiophene rings is 1. The topological polar surface area (TPSA) is 44.4 Å². The van der Waals surface area contributed by atoms with E-state index in [2.05, 4.69) is 51.2 Å². The molecule has 2 aliphatic heterocycles. The third-order valence-electron chi connectivity index (χ3n) is 6.64. The quantitative estimate of drug-likeness (QED) is 0.511. The zero-order valence-electron chi connectivity index (χ0n) is 17.7. The Morgan fingerprint density at radius 2 is 1.68 bits per heavy atom. The van der Waals surface area contributed by atoms with E-state index in [0.29, 0.717) is 12.1 Å². The number of carbonyl (C=O) groups is 1. The Morgan fingerprint density at radius 3 is 2.42 bits per heavy atom. The highest BCUT2D eigenvalue weighted by molar-refractivity contribution is 7.09. The summed E-state index contributed by atoms with van der Waals surface area (Å²) in [6, 6.07) is 23.8. The van der Waals surface area contributed by atoms with Crippen molar-refractivity contribution in [3.05, 3.63) is 77.0 Å². The summed E-state index contributed by atoms with van der Waals surface area (Å²) in [4.78, 5) is 17.0. The van der Waals surface area contributed by atoms with E-state index in [4.69, 9.17) is 0 Å². The van der Waals surface area contributed by atoms with E-state index in [0.717, 1.165) is 36.2 Å². The maximum absolute atomic E-state index is 12.9. The number of anilines is 1. The van der Waals surface area contributed by atoms with Crippen LogP contribution in [-0.4, -0.2) is 29.1 Å². The van der Waals surface area contributed by atoms with Crippen molar-refractivity contribution in [3.63, 3.8) is 0 Å². The zero-order valence-corrected chi connectivity index (χ0v) is 18.5. The van der Waals surface area contributed by atoms with Crippen LogP contribution in [0.4, 0.5) is 10.5 Å². The van der Waals surface area contributed by atoms with E-state index >= 15 is 0 Å². The van der Waals surface area contributed by atoms with Gasteiger partial charge in [0.2, 0.25) is 0 Å². The van der Waals surface area contributed by atoms with Crippen LogP contribution in [0.5, 0.6) is 0 Å². The number of rotatable bonds is 5. The van der Waals surface area contributed by atoms with Crippen LogP contribution < -0.4 is 10.6 Å². The first kappa shape index (κ1) is 20.3. The number of nitrogens with zero attached hydrogens (tertiary/aromatic N) is 1. The van der Waals surface area contributed by atoms with Crippen LogP contribution >= 0.6 is 11.3 Å². The van der Waals surface area contributed by atoms with Gasteiger partial charge < -0.3 is 10.6 Å². The predicted molar refractivity (Wildman–Crippen MR) is 128 cm³/mol. The van der Waals surface area contributed by atoms with E-state index in [1.165, 1.54) is 24.1 Å². The Hall–Kier alpha value is -2.63. The average molecular weight is 432 g/mol. The van der Waals surface area contributed by atoms with Crippen molar-refractivity contribution in [2.24, 2.45) is 0 Å². The molecule has 2 aromatic carbocycles. The van der Waals surface area contributed by atoms with Crippen LogP contribution in [0.1, 0.15) is 37.0 Å². The summed E-state index contributed by atoms with van der Waals surface area (Å²) < 4.78 is 0. The van der Waals surface area contributed by atoms with Crippen molar-refractivity contribution >= 4 is 23.1 Å². The number of fused-ring (bicyclic) bond motifs is 2. The van der Waals surface area contributed by atoms with Gasteiger partial charge in [-0.05, 0) is 48.8 Å². The number of hydrogen-bond acceptors (Lipinski definition) is 3. The van der Waals surface area contributed by atoms with E-state index in [-0.39, 0.29) is 12.1 Å². The molecule has 2 amide bonds. The first-order valence-electron chi connectivity index (χ1n) is 11.3. The Morgan fingerprint density at radius 1 is 0.935 bits per heavy atom. The Bertz CT molecular complexity index is 991. The van der Waals surface area contributed by atoms with Gasteiger partial charge in [0.15, 0.2) is 0 Å². The zero-order chi connectivity index (χ0) is 21.0. The fourth-order valence-electron chi connectivity index (χ4n) is 5.24. The first-order valence-corrected chi connectivity index (χ1v) is 12.1. The second-order valence-electron chi connectivity index (χ2n) is 8.67. The predicted octanol–water partition coefficient (Wildman–Crippen LogP) is 6.12. The molecular formula is C26H29N3OS. The summed E-state index contributed by atoms with van der Waals surface area (Å²) >= 11 is 1.85. The largest absolute Gasteiger partial charge is 0.335 e. The lowest BCUT2D eigenvalue weighted by molar-refractivity contribution is 0.0208. The molecule has 2 bridgehead atoms. The number of benzene rings is 2. The van der Waals surface area contributed by atoms with Crippen LogP contribution in [0.2, 0.25) is 0 Å². The smallest absolute Gasteiger partial charge is 0.319 e. The highest BCUT2D eigenvalue weighted by Crippen LogP contribution is 2.36. The molecule has 5 rings (SSSR count). The maximum Gasteiger partial charge on any atom is 0.319 e. The molecule has 2 saturated heterocycles. The van der Waals surface area contributed by atoms with Crippen molar-refractivity contribution in [1.82, 2.24) is 10.2 Å². The molecule has 0 spiro atoms. The van der Waals surface area contributed by atoms with Gasteiger partial charge >= 0.3 is 6.03 Å². The molecular weight excluding hydrogens is 402 g/mol. The summed E-state index contributed by atoms with van der Waals surface area (Å²) in [7, 11) is 0. The molecule has 31 heavy (non-hydrogen) atoms. The monoisotopic (exact) mass is 431 g/mol. The molecule has 160 valence electrons. The number of carbonyl (C=O) groups excluding carboxylic acids is 1. The summed E-state index contributed by atoms with van der Waals surface area (Å²) in [6.07, 6.45) is 5.85. The fraction of sp³-hybridized carbons (Fsp3) is 0.346. The third kappa shape index (κ3) is 4.68. The van der Waals surface area contributed by atoms with E-state index < -0.39 is 0 Å². The molecule has 2 atom stereocenters. The van der Waals surface area contributed by atoms with Gasteiger partial charge in [-0.3, -0.25) is 4.90 Å². The fourth-order valence-corrected chi connectivity index (χ4v) is 5.96. The van der Waals surface area contributed by atoms with Crippen molar-refractivity contribution in [3.8, 4) is 11.1 Å². The van der Waals surface area contributed by atoms with Crippen LogP contribution in [-0.2, 0) is 6.54 Å². The van der Waals surface area contributed by atoms with Gasteiger partial charge in [0.1, 0.15) is 0 Å². The van der Waals surface area contributed by atoms with Crippen molar-refractivity contribution in [2.75, 3.05) is 5.32 Å². The second kappa shape index (κ2) is 9.25. The number of para-hydroxylation sites is 1. The SMILES string of the molecule is O=C(Nc1ccccc1-c1ccccc1)NC1CC2CCCC(C1)N2Cc1cccs1. The van der Waals surface area contributed by atoms with E-state index in [1.54, 1.807) is 0 Å². The highest BCUT2D eigenvalue weighted by Gasteiger charge is 2.38. The molecule has 2 unspecified atom stereocenters. The number of hydrogen-bond donors (Lipinski definition) is 2. The van der Waals surface area contributed by atoms with Gasteiger partial charge in [0.25, 0.3) is 0 Å². The lowest BCUT2D eigenvalue weighted by Crippen LogP contribution is -2.56. The normalized spacial score (nSPS) is 23.3. The van der Waals surface area contributed by atoms with E-state index in [1.807, 2.05) is 47.7 Å². The molecule has 2 aliphatic rings. The molecule has 0 saturated carbocycles. The molecule has 4 nitrogen and oxygen atoms in total. The third-order valence-corrected chi connectivity index (χ3v) is 7.50. The summed E-state index contributed by atoms with van der Waals surface area (Å²) in [5.41, 5.74) is 3.00. The minimum Gasteiger partial charge on any atom is -0.335 e. The minimum atomic E-state index is -0.0989. The van der Waals surface area contributed by atoms with Crippen molar-refractivity contribution in [1.29, 1.82) is 0 Å². The lowest BCUT2D eigenvalue weighted by atomic mass is 9.81. The number of urea groups is 1. The second-order valence-corrected chi connectivity index (χ2v) is 9.70. The molecule has 2 N–H and O–H groups in total. The molecule has 5 heteroatoms. The number of nitrogens with one attached hydrogen (secondary N) is 2. The van der Waals surface area contributed by atoms with Crippen molar-refractivity contribution < 1.29 is 4.79 Å². The molecule has 3 heterocycles. The number of amides is 2. The standard InChI is InChI=1S/C26H29N3OS/c30-26(28-25-14-5-4-13-24(25)19-8-2-1-3-9-19)27-20-16-21-10-6-11-22(17-20)29(21)18-23-12-7-15-31-23/h1-5,7-9,12-15,20-22H,6,10-11,16-18H2,(H2,27,28,30). The van der Waals surface area contributed by atoms with Gasteiger partial charge in [-0.2, -0.15) is 0 Å². The van der Waals surface area contributed by atoms with Crippen molar-refractivity contribution in [2.45, 2.75) is 56.8 Å². The molecule has 2 fully saturated rings. The summed E-state index contributed by atoms with van der Waals surface area (Å²) in [5.74, 6) is 0. The van der Waals surface area contributed by atoms with Gasteiger partial charge in [-0.15, -0.1) is 11.3 Å². The summed E-state index contributed by atoms with van der Waals surface area (Å²) in [5, 5.41) is 8.55. The van der Waals surface area contributed by atoms with Crippen LogP contribution in [0.25, 0.3) is 11.1 Å². The molecule has 0 radical (unpaired) electrons. The summed E-state index contributed by atoms with van der Waals surface area (Å²) in [6.45, 7) is 1.05. The van der Waals surface area contributed by atoms with Crippen LogP contribution in [0, 0.1) is 0 Å². The Kier molecular flexibility index (Phi) is 6.05. The van der Waals surface area contributed by atoms with Gasteiger partial charge in [0, 0.05) is 35.1 Å². The van der Waals surface area contributed by atoms with Crippen LogP contribution in [0.15, 0.2) is 72.1 Å². The average Bonchev–Trinajstić information content (AvgIpc) is 3.28. The number of piperidine rings is 2. The van der Waals surface area contributed by atoms with E-state index in [9.17, 15) is 4.79 Å². The molecule has 0 aliphatic carbocycles. The van der Waals surface area contributed by atoms with Crippen LogP contribution in [0.3, 0.4) is 0 Å². The highest BCUT2D eigenvalue weighted by atomic mass is 32.1. The Labute approximate surface area is 188 Å². The molecule has 1 aromatic heterocycles. The van der Waals surface area contributed by atoms with Gasteiger partial charge in [0.05, 0.1) is 5.69 Å². The van der Waals surface area contributed by atoms with Gasteiger partial charge in [-0.1, -0.05) is 61.0 Å². The molecule has 3 aromatic rings. The first-order chi connectivity index (χ1) is 15.3. The van der Waals surface area contributed by atoms with Gasteiger partial charge in [-0.25, -0.2) is 4.79 Å². The lowest BCUT2D eigenvalue weighted by Gasteiger charge is -2.49.